The van der Waals surface area contributed by atoms with E-state index in [1.54, 1.807) is 23.7 Å². The van der Waals surface area contributed by atoms with Crippen LogP contribution in [0.25, 0.3) is 0 Å². The Morgan fingerprint density at radius 1 is 1.22 bits per heavy atom. The number of aromatic nitrogens is 1. The molecular formula is C23H23ClF3N3O4S2. The summed E-state index contributed by atoms with van der Waals surface area (Å²) in [6.07, 6.45) is -3.48. The van der Waals surface area contributed by atoms with Crippen molar-refractivity contribution in [1.82, 2.24) is 9.88 Å². The number of nitrogens with one attached hydrogen (secondary N) is 1. The molecule has 1 fully saturated rings. The van der Waals surface area contributed by atoms with Gasteiger partial charge in [-0.3, -0.25) is 4.90 Å². The molecule has 2 aromatic carbocycles. The molecule has 0 saturated carbocycles. The molecule has 1 saturated heterocycles. The lowest BCUT2D eigenvalue weighted by molar-refractivity contribution is -0.192. The van der Waals surface area contributed by atoms with Crippen molar-refractivity contribution >= 4 is 44.4 Å². The zero-order valence-corrected chi connectivity index (χ0v) is 21.4. The molecule has 1 aliphatic heterocycles. The molecule has 1 aliphatic rings. The minimum atomic E-state index is -5.08. The summed E-state index contributed by atoms with van der Waals surface area (Å²) in [6, 6.07) is 15.3. The number of alkyl halides is 3. The van der Waals surface area contributed by atoms with Gasteiger partial charge in [-0.2, -0.15) is 13.2 Å². The van der Waals surface area contributed by atoms with Crippen molar-refractivity contribution in [2.45, 2.75) is 35.8 Å². The summed E-state index contributed by atoms with van der Waals surface area (Å²) in [6.45, 7) is 4.85. The van der Waals surface area contributed by atoms with Crippen LogP contribution in [0, 0.1) is 0 Å². The highest BCUT2D eigenvalue weighted by atomic mass is 35.5. The summed E-state index contributed by atoms with van der Waals surface area (Å²) >= 11 is 7.75. The van der Waals surface area contributed by atoms with Crippen molar-refractivity contribution in [1.29, 1.82) is 0 Å². The molecule has 4 rings (SSSR count). The molecule has 0 amide bonds. The summed E-state index contributed by atoms with van der Waals surface area (Å²) < 4.78 is 57.0. The van der Waals surface area contributed by atoms with Gasteiger partial charge in [0.05, 0.1) is 21.1 Å². The molecule has 194 valence electrons. The van der Waals surface area contributed by atoms with Crippen molar-refractivity contribution in [3.05, 3.63) is 75.7 Å². The van der Waals surface area contributed by atoms with E-state index < -0.39 is 22.0 Å². The third kappa shape index (κ3) is 7.66. The summed E-state index contributed by atoms with van der Waals surface area (Å²) in [4.78, 5) is 15.5. The maximum Gasteiger partial charge on any atom is 0.490 e. The number of hydrogen-bond acceptors (Lipinski definition) is 7. The Morgan fingerprint density at radius 3 is 2.39 bits per heavy atom. The lowest BCUT2D eigenvalue weighted by atomic mass is 9.91. The number of aliphatic carboxylic acids is 1. The zero-order chi connectivity index (χ0) is 26.6. The number of carboxylic acid groups (broad SMARTS) is 1. The van der Waals surface area contributed by atoms with E-state index in [2.05, 4.69) is 46.4 Å². The molecule has 0 spiro atoms. The second-order valence-electron chi connectivity index (χ2n) is 8.45. The van der Waals surface area contributed by atoms with Gasteiger partial charge in [0.15, 0.2) is 9.84 Å². The predicted octanol–water partition coefficient (Wildman–Crippen LogP) is 5.09. The van der Waals surface area contributed by atoms with E-state index in [4.69, 9.17) is 21.5 Å². The minimum Gasteiger partial charge on any atom is -0.475 e. The van der Waals surface area contributed by atoms with Gasteiger partial charge in [0, 0.05) is 31.2 Å². The van der Waals surface area contributed by atoms with Crippen LogP contribution in [0.15, 0.2) is 65.0 Å². The standard InChI is InChI=1S/C21H22ClN3O2S2.C2HF3O2/c1-21(14-25(15-21)12-16-5-3-2-4-6-16)24-19-8-7-17(11-18(19)22)29(26,27)13-20-23-9-10-28-20;3-2(4,5)1(6)7/h2-11,24H,12-15H2,1H3;(H,6,7). The number of thiazole rings is 1. The monoisotopic (exact) mass is 561 g/mol. The zero-order valence-electron chi connectivity index (χ0n) is 19.0. The first-order valence-corrected chi connectivity index (χ1v) is 13.4. The van der Waals surface area contributed by atoms with E-state index in [1.165, 1.54) is 23.0 Å². The molecule has 0 bridgehead atoms. The van der Waals surface area contributed by atoms with Gasteiger partial charge in [-0.25, -0.2) is 18.2 Å². The van der Waals surface area contributed by atoms with Crippen LogP contribution in [-0.4, -0.2) is 54.2 Å². The van der Waals surface area contributed by atoms with E-state index in [1.807, 2.05) is 6.07 Å². The summed E-state index contributed by atoms with van der Waals surface area (Å²) in [5.74, 6) is -2.87. The third-order valence-corrected chi connectivity index (χ3v) is 8.07. The topological polar surface area (TPSA) is 99.6 Å². The molecule has 0 unspecified atom stereocenters. The number of carbonyl (C=O) groups is 1. The third-order valence-electron chi connectivity index (χ3n) is 5.17. The maximum atomic E-state index is 12.6. The lowest BCUT2D eigenvalue weighted by Crippen LogP contribution is -2.63. The number of anilines is 1. The molecular weight excluding hydrogens is 539 g/mol. The van der Waals surface area contributed by atoms with E-state index in [9.17, 15) is 21.6 Å². The first kappa shape index (κ1) is 27.9. The average molecular weight is 562 g/mol. The van der Waals surface area contributed by atoms with Crippen molar-refractivity contribution in [3.8, 4) is 0 Å². The van der Waals surface area contributed by atoms with Crippen LogP contribution in [0.4, 0.5) is 18.9 Å². The van der Waals surface area contributed by atoms with E-state index in [-0.39, 0.29) is 16.2 Å². The summed E-state index contributed by atoms with van der Waals surface area (Å²) in [5, 5.41) is 13.4. The number of hydrogen-bond donors (Lipinski definition) is 2. The maximum absolute atomic E-state index is 12.6. The van der Waals surface area contributed by atoms with E-state index >= 15 is 0 Å². The quantitative estimate of drug-likeness (QED) is 0.414. The van der Waals surface area contributed by atoms with Gasteiger partial charge in [0.25, 0.3) is 0 Å². The minimum absolute atomic E-state index is 0.0975. The second-order valence-corrected chi connectivity index (χ2v) is 11.8. The molecule has 2 N–H and O–H groups in total. The molecule has 36 heavy (non-hydrogen) atoms. The summed E-state index contributed by atoms with van der Waals surface area (Å²) in [7, 11) is -3.47. The van der Waals surface area contributed by atoms with Gasteiger partial charge in [0.2, 0.25) is 0 Å². The lowest BCUT2D eigenvalue weighted by Gasteiger charge is -2.49. The molecule has 0 aliphatic carbocycles. The van der Waals surface area contributed by atoms with Crippen molar-refractivity contribution in [2.24, 2.45) is 0 Å². The van der Waals surface area contributed by atoms with Gasteiger partial charge >= 0.3 is 12.1 Å². The average Bonchev–Trinajstić information content (AvgIpc) is 3.27. The molecule has 3 aromatic rings. The summed E-state index contributed by atoms with van der Waals surface area (Å²) in [5.41, 5.74) is 1.95. The number of likely N-dealkylation sites (tertiary alicyclic amines) is 1. The first-order chi connectivity index (χ1) is 16.8. The van der Waals surface area contributed by atoms with Crippen LogP contribution in [0.5, 0.6) is 0 Å². The highest BCUT2D eigenvalue weighted by molar-refractivity contribution is 7.90. The van der Waals surface area contributed by atoms with Gasteiger partial charge in [-0.05, 0) is 30.7 Å². The van der Waals surface area contributed by atoms with E-state index in [0.717, 1.165) is 25.3 Å². The molecule has 1 aromatic heterocycles. The second kappa shape index (κ2) is 11.2. The highest BCUT2D eigenvalue weighted by Crippen LogP contribution is 2.33. The van der Waals surface area contributed by atoms with Gasteiger partial charge in [-0.1, -0.05) is 41.9 Å². The predicted molar refractivity (Wildman–Crippen MR) is 132 cm³/mol. The van der Waals surface area contributed by atoms with Crippen molar-refractivity contribution in [3.63, 3.8) is 0 Å². The molecule has 2 heterocycles. The first-order valence-electron chi connectivity index (χ1n) is 10.5. The van der Waals surface area contributed by atoms with Gasteiger partial charge < -0.3 is 10.4 Å². The molecule has 0 atom stereocenters. The van der Waals surface area contributed by atoms with Crippen LogP contribution in [0.3, 0.4) is 0 Å². The Hall–Kier alpha value is -2.67. The number of rotatable bonds is 7. The van der Waals surface area contributed by atoms with Crippen molar-refractivity contribution in [2.75, 3.05) is 18.4 Å². The highest BCUT2D eigenvalue weighted by Gasteiger charge is 2.39. The Morgan fingerprint density at radius 2 is 1.86 bits per heavy atom. The van der Waals surface area contributed by atoms with Crippen LogP contribution in [-0.2, 0) is 26.9 Å². The molecule has 0 radical (unpaired) electrons. The van der Waals surface area contributed by atoms with E-state index in [0.29, 0.717) is 10.0 Å². The van der Waals surface area contributed by atoms with Crippen LogP contribution >= 0.6 is 22.9 Å². The molecule has 7 nitrogen and oxygen atoms in total. The fourth-order valence-electron chi connectivity index (χ4n) is 3.66. The number of sulfone groups is 1. The Labute approximate surface area is 215 Å². The largest absolute Gasteiger partial charge is 0.490 e. The van der Waals surface area contributed by atoms with Crippen LogP contribution in [0.1, 0.15) is 17.5 Å². The number of benzene rings is 2. The fourth-order valence-corrected chi connectivity index (χ4v) is 6.23. The fraction of sp³-hybridized carbons (Fsp3) is 0.304. The Kier molecular flexibility index (Phi) is 8.65. The number of nitrogens with zero attached hydrogens (tertiary/aromatic N) is 2. The van der Waals surface area contributed by atoms with Crippen LogP contribution < -0.4 is 5.32 Å². The van der Waals surface area contributed by atoms with Gasteiger partial charge in [-0.15, -0.1) is 11.3 Å². The number of carboxylic acids is 1. The van der Waals surface area contributed by atoms with Crippen molar-refractivity contribution < 1.29 is 31.5 Å². The smallest absolute Gasteiger partial charge is 0.475 e. The Bertz CT molecular complexity index is 1280. The normalized spacial score (nSPS) is 15.4. The SMILES string of the molecule is CC1(Nc2ccc(S(=O)(=O)Cc3nccs3)cc2Cl)CN(Cc2ccccc2)C1.O=C(O)C(F)(F)F. The van der Waals surface area contributed by atoms with Gasteiger partial charge in [0.1, 0.15) is 10.8 Å². The Balaban J connectivity index is 0.000000454. The molecule has 13 heteroatoms. The van der Waals surface area contributed by atoms with Crippen LogP contribution in [0.2, 0.25) is 5.02 Å². The number of halogens is 4.